The zero-order valence-electron chi connectivity index (χ0n) is 9.91. The molecule has 0 saturated carbocycles. The molecule has 3 N–H and O–H groups in total. The van der Waals surface area contributed by atoms with E-state index in [0.717, 1.165) is 5.56 Å². The molecule has 0 aromatic heterocycles. The number of rotatable bonds is 4. The number of nitrogens with two attached hydrogens (primary N) is 1. The SMILES string of the molecule is Cc1ccc(NC(N)=O)c(OCC(C)C)c1. The smallest absolute Gasteiger partial charge is 0.316 e. The molecule has 0 aliphatic carbocycles. The molecule has 0 unspecified atom stereocenters. The van der Waals surface area contributed by atoms with Crippen molar-refractivity contribution >= 4 is 11.7 Å². The number of hydrogen-bond acceptors (Lipinski definition) is 2. The number of carbonyl (C=O) groups excluding carboxylic acids is 1. The van der Waals surface area contributed by atoms with Crippen LogP contribution in [0.2, 0.25) is 0 Å². The molecule has 0 aliphatic heterocycles. The zero-order valence-corrected chi connectivity index (χ0v) is 9.91. The van der Waals surface area contributed by atoms with Crippen molar-refractivity contribution in [2.75, 3.05) is 11.9 Å². The van der Waals surface area contributed by atoms with Crippen molar-refractivity contribution in [2.45, 2.75) is 20.8 Å². The van der Waals surface area contributed by atoms with E-state index >= 15 is 0 Å². The Kier molecular flexibility index (Phi) is 4.17. The van der Waals surface area contributed by atoms with Gasteiger partial charge in [-0.3, -0.25) is 0 Å². The van der Waals surface area contributed by atoms with Crippen LogP contribution in [-0.2, 0) is 0 Å². The third-order valence-corrected chi connectivity index (χ3v) is 1.97. The molecule has 0 bridgehead atoms. The number of amides is 2. The molecule has 0 radical (unpaired) electrons. The number of urea groups is 1. The quantitative estimate of drug-likeness (QED) is 0.822. The Morgan fingerprint density at radius 2 is 2.19 bits per heavy atom. The topological polar surface area (TPSA) is 64.3 Å². The van der Waals surface area contributed by atoms with Crippen LogP contribution in [0.5, 0.6) is 5.75 Å². The summed E-state index contributed by atoms with van der Waals surface area (Å²) >= 11 is 0. The molecular weight excluding hydrogens is 204 g/mol. The second-order valence-corrected chi connectivity index (χ2v) is 4.19. The van der Waals surface area contributed by atoms with Crippen molar-refractivity contribution in [2.24, 2.45) is 11.7 Å². The van der Waals surface area contributed by atoms with Crippen molar-refractivity contribution in [3.63, 3.8) is 0 Å². The zero-order chi connectivity index (χ0) is 12.1. The van der Waals surface area contributed by atoms with Crippen LogP contribution < -0.4 is 15.8 Å². The van der Waals surface area contributed by atoms with Crippen molar-refractivity contribution in [3.8, 4) is 5.75 Å². The summed E-state index contributed by atoms with van der Waals surface area (Å²) in [6.07, 6.45) is 0. The van der Waals surface area contributed by atoms with Crippen molar-refractivity contribution in [1.82, 2.24) is 0 Å². The molecule has 0 aliphatic rings. The Bertz CT molecular complexity index is 375. The van der Waals surface area contributed by atoms with E-state index in [1.54, 1.807) is 6.07 Å². The number of primary amides is 1. The van der Waals surface area contributed by atoms with E-state index < -0.39 is 6.03 Å². The maximum Gasteiger partial charge on any atom is 0.316 e. The first-order valence-corrected chi connectivity index (χ1v) is 5.29. The van der Waals surface area contributed by atoms with Gasteiger partial charge >= 0.3 is 6.03 Å². The highest BCUT2D eigenvalue weighted by molar-refractivity contribution is 5.89. The molecule has 2 amide bonds. The van der Waals surface area contributed by atoms with Crippen LogP contribution in [0.15, 0.2) is 18.2 Å². The molecule has 88 valence electrons. The molecule has 4 nitrogen and oxygen atoms in total. The van der Waals surface area contributed by atoms with Crippen LogP contribution in [0.3, 0.4) is 0 Å². The number of anilines is 1. The monoisotopic (exact) mass is 222 g/mol. The Morgan fingerprint density at radius 3 is 2.75 bits per heavy atom. The summed E-state index contributed by atoms with van der Waals surface area (Å²) < 4.78 is 5.61. The first-order valence-electron chi connectivity index (χ1n) is 5.29. The van der Waals surface area contributed by atoms with Gasteiger partial charge in [0.2, 0.25) is 0 Å². The minimum atomic E-state index is -0.585. The van der Waals surface area contributed by atoms with Crippen LogP contribution >= 0.6 is 0 Å². The molecule has 1 aromatic rings. The molecule has 0 spiro atoms. The number of hydrogen-bond donors (Lipinski definition) is 2. The van der Waals surface area contributed by atoms with Crippen molar-refractivity contribution in [1.29, 1.82) is 0 Å². The van der Waals surface area contributed by atoms with Gasteiger partial charge < -0.3 is 15.8 Å². The normalized spacial score (nSPS) is 10.2. The number of nitrogens with one attached hydrogen (secondary N) is 1. The predicted octanol–water partition coefficient (Wildman–Crippen LogP) is 2.52. The van der Waals surface area contributed by atoms with E-state index in [2.05, 4.69) is 19.2 Å². The number of aryl methyl sites for hydroxylation is 1. The lowest BCUT2D eigenvalue weighted by atomic mass is 10.2. The summed E-state index contributed by atoms with van der Waals surface area (Å²) in [5, 5.41) is 2.54. The van der Waals surface area contributed by atoms with E-state index in [1.807, 2.05) is 19.1 Å². The van der Waals surface area contributed by atoms with E-state index in [4.69, 9.17) is 10.5 Å². The van der Waals surface area contributed by atoms with Crippen molar-refractivity contribution < 1.29 is 9.53 Å². The Morgan fingerprint density at radius 1 is 1.50 bits per heavy atom. The van der Waals surface area contributed by atoms with E-state index in [-0.39, 0.29) is 0 Å². The summed E-state index contributed by atoms with van der Waals surface area (Å²) in [5.74, 6) is 1.09. The van der Waals surface area contributed by atoms with Gasteiger partial charge in [-0.25, -0.2) is 4.79 Å². The number of benzene rings is 1. The number of carbonyl (C=O) groups is 1. The average molecular weight is 222 g/mol. The van der Waals surface area contributed by atoms with Gasteiger partial charge in [0.15, 0.2) is 0 Å². The average Bonchev–Trinajstić information content (AvgIpc) is 2.17. The van der Waals surface area contributed by atoms with Crippen LogP contribution in [-0.4, -0.2) is 12.6 Å². The summed E-state index contributed by atoms with van der Waals surface area (Å²) in [7, 11) is 0. The minimum absolute atomic E-state index is 0.432. The molecule has 4 heteroatoms. The standard InChI is InChI=1S/C12H18N2O2/c1-8(2)7-16-11-6-9(3)4-5-10(11)14-12(13)15/h4-6,8H,7H2,1-3H3,(H3,13,14,15). The fourth-order valence-electron chi connectivity index (χ4n) is 1.24. The lowest BCUT2D eigenvalue weighted by Gasteiger charge is -2.13. The Labute approximate surface area is 95.8 Å². The van der Waals surface area contributed by atoms with Gasteiger partial charge in [0.05, 0.1) is 12.3 Å². The summed E-state index contributed by atoms with van der Waals surface area (Å²) in [4.78, 5) is 10.8. The largest absolute Gasteiger partial charge is 0.491 e. The second kappa shape index (κ2) is 5.39. The maximum absolute atomic E-state index is 10.8. The molecule has 0 saturated heterocycles. The Balaban J connectivity index is 2.85. The molecule has 16 heavy (non-hydrogen) atoms. The van der Waals surface area contributed by atoms with E-state index in [0.29, 0.717) is 24.0 Å². The fourth-order valence-corrected chi connectivity index (χ4v) is 1.24. The van der Waals surface area contributed by atoms with Crippen LogP contribution in [0.1, 0.15) is 19.4 Å². The highest BCUT2D eigenvalue weighted by Gasteiger charge is 2.06. The lowest BCUT2D eigenvalue weighted by Crippen LogP contribution is -2.20. The van der Waals surface area contributed by atoms with Crippen LogP contribution in [0.4, 0.5) is 10.5 Å². The first kappa shape index (κ1) is 12.4. The van der Waals surface area contributed by atoms with Gasteiger partial charge in [-0.05, 0) is 30.5 Å². The van der Waals surface area contributed by atoms with Gasteiger partial charge in [-0.2, -0.15) is 0 Å². The first-order chi connectivity index (χ1) is 7.49. The van der Waals surface area contributed by atoms with Gasteiger partial charge in [0.25, 0.3) is 0 Å². The number of ether oxygens (including phenoxy) is 1. The van der Waals surface area contributed by atoms with E-state index in [1.165, 1.54) is 0 Å². The lowest BCUT2D eigenvalue weighted by molar-refractivity contribution is 0.258. The van der Waals surface area contributed by atoms with Crippen LogP contribution in [0, 0.1) is 12.8 Å². The van der Waals surface area contributed by atoms with Crippen molar-refractivity contribution in [3.05, 3.63) is 23.8 Å². The summed E-state index contributed by atoms with van der Waals surface area (Å²) in [5.41, 5.74) is 6.77. The van der Waals surface area contributed by atoms with Gasteiger partial charge in [0.1, 0.15) is 5.75 Å². The third-order valence-electron chi connectivity index (χ3n) is 1.97. The fraction of sp³-hybridized carbons (Fsp3) is 0.417. The molecule has 0 heterocycles. The summed E-state index contributed by atoms with van der Waals surface area (Å²) in [6.45, 7) is 6.71. The maximum atomic E-state index is 10.8. The molecule has 0 atom stereocenters. The minimum Gasteiger partial charge on any atom is -0.491 e. The highest BCUT2D eigenvalue weighted by Crippen LogP contribution is 2.26. The second-order valence-electron chi connectivity index (χ2n) is 4.19. The van der Waals surface area contributed by atoms with Gasteiger partial charge in [-0.1, -0.05) is 19.9 Å². The van der Waals surface area contributed by atoms with Gasteiger partial charge in [0, 0.05) is 0 Å². The molecule has 1 aromatic carbocycles. The molecular formula is C12H18N2O2. The third kappa shape index (κ3) is 3.81. The Hall–Kier alpha value is -1.71. The van der Waals surface area contributed by atoms with Gasteiger partial charge in [-0.15, -0.1) is 0 Å². The predicted molar refractivity (Wildman–Crippen MR) is 64.7 cm³/mol. The highest BCUT2D eigenvalue weighted by atomic mass is 16.5. The summed E-state index contributed by atoms with van der Waals surface area (Å²) in [6, 6.07) is 4.98. The van der Waals surface area contributed by atoms with Crippen LogP contribution in [0.25, 0.3) is 0 Å². The molecule has 0 fully saturated rings. The molecule has 1 rings (SSSR count). The van der Waals surface area contributed by atoms with E-state index in [9.17, 15) is 4.79 Å².